The van der Waals surface area contributed by atoms with Crippen LogP contribution in [0.15, 0.2) is 29.0 Å². The Balaban J connectivity index is 1.73. The topological polar surface area (TPSA) is 73.8 Å². The zero-order valence-corrected chi connectivity index (χ0v) is 16.3. The maximum atomic E-state index is 12.6. The molecule has 6 nitrogen and oxygen atoms in total. The van der Waals surface area contributed by atoms with Crippen molar-refractivity contribution in [1.29, 1.82) is 0 Å². The highest BCUT2D eigenvalue weighted by Gasteiger charge is 2.38. The van der Waals surface area contributed by atoms with E-state index < -0.39 is 12.1 Å². The lowest BCUT2D eigenvalue weighted by Gasteiger charge is -2.09. The summed E-state index contributed by atoms with van der Waals surface area (Å²) in [5, 5.41) is 7.66. The fraction of sp³-hybridized carbons (Fsp3) is 0.444. The van der Waals surface area contributed by atoms with E-state index in [4.69, 9.17) is 0 Å². The molecule has 28 heavy (non-hydrogen) atoms. The fourth-order valence-corrected chi connectivity index (χ4v) is 3.50. The van der Waals surface area contributed by atoms with Crippen LogP contribution in [-0.2, 0) is 6.18 Å². The van der Waals surface area contributed by atoms with Gasteiger partial charge in [0.2, 0.25) is 5.82 Å². The predicted molar refractivity (Wildman–Crippen MR) is 97.1 cm³/mol. The van der Waals surface area contributed by atoms with Crippen LogP contribution in [0.5, 0.6) is 0 Å². The molecule has 3 aromatic heterocycles. The lowest BCUT2D eigenvalue weighted by Crippen LogP contribution is -2.06. The molecule has 10 heteroatoms. The molecule has 3 rings (SSSR count). The van der Waals surface area contributed by atoms with E-state index in [0.29, 0.717) is 22.8 Å². The molecular weight excluding hydrogens is 393 g/mol. The highest BCUT2D eigenvalue weighted by Crippen LogP contribution is 2.34. The largest absolute Gasteiger partial charge is 0.471 e. The van der Waals surface area contributed by atoms with Gasteiger partial charge in [-0.05, 0) is 31.4 Å². The summed E-state index contributed by atoms with van der Waals surface area (Å²) in [5.74, 6) is -0.987. The van der Waals surface area contributed by atoms with Crippen molar-refractivity contribution in [2.45, 2.75) is 45.8 Å². The Morgan fingerprint density at radius 2 is 2.04 bits per heavy atom. The van der Waals surface area contributed by atoms with Gasteiger partial charge in [-0.3, -0.25) is 9.48 Å². The maximum Gasteiger partial charge on any atom is 0.471 e. The van der Waals surface area contributed by atoms with Gasteiger partial charge in [-0.1, -0.05) is 19.0 Å². The van der Waals surface area contributed by atoms with Crippen molar-refractivity contribution in [3.05, 3.63) is 40.9 Å². The van der Waals surface area contributed by atoms with Crippen LogP contribution in [0, 0.1) is 5.92 Å². The molecule has 3 aromatic rings. The van der Waals surface area contributed by atoms with Crippen LogP contribution in [0.3, 0.4) is 0 Å². The first-order chi connectivity index (χ1) is 13.1. The SMILES string of the molecule is CC(C)CCC(=O)c1cnn(C(C)c2ccc(-c3noc(C(F)(F)F)n3)s2)c1. The lowest BCUT2D eigenvalue weighted by atomic mass is 10.0. The Kier molecular flexibility index (Phi) is 5.69. The predicted octanol–water partition coefficient (Wildman–Crippen LogP) is 5.24. The highest BCUT2D eigenvalue weighted by atomic mass is 32.1. The summed E-state index contributed by atoms with van der Waals surface area (Å²) in [6.07, 6.45) is -0.143. The van der Waals surface area contributed by atoms with E-state index in [1.54, 1.807) is 29.2 Å². The molecule has 3 heterocycles. The number of halogens is 3. The van der Waals surface area contributed by atoms with E-state index >= 15 is 0 Å². The second-order valence-electron chi connectivity index (χ2n) is 6.86. The van der Waals surface area contributed by atoms with Gasteiger partial charge in [-0.15, -0.1) is 11.3 Å². The Bertz CT molecular complexity index is 958. The number of nitrogens with zero attached hydrogens (tertiary/aromatic N) is 4. The zero-order chi connectivity index (χ0) is 20.5. The summed E-state index contributed by atoms with van der Waals surface area (Å²) >= 11 is 1.25. The molecule has 0 aromatic carbocycles. The molecular formula is C18H19F3N4O2S. The third-order valence-electron chi connectivity index (χ3n) is 4.20. The van der Waals surface area contributed by atoms with Crippen LogP contribution < -0.4 is 0 Å². The molecule has 0 aliphatic carbocycles. The highest BCUT2D eigenvalue weighted by molar-refractivity contribution is 7.15. The minimum atomic E-state index is -4.67. The molecule has 0 radical (unpaired) electrons. The second-order valence-corrected chi connectivity index (χ2v) is 7.98. The van der Waals surface area contributed by atoms with Crippen LogP contribution in [-0.4, -0.2) is 25.7 Å². The molecule has 0 N–H and O–H groups in total. The molecule has 0 spiro atoms. The first-order valence-electron chi connectivity index (χ1n) is 8.73. The summed E-state index contributed by atoms with van der Waals surface area (Å²) < 4.78 is 43.8. The third-order valence-corrected chi connectivity index (χ3v) is 5.45. The Hall–Kier alpha value is -2.49. The Morgan fingerprint density at radius 1 is 1.29 bits per heavy atom. The van der Waals surface area contributed by atoms with Crippen molar-refractivity contribution >= 4 is 17.1 Å². The van der Waals surface area contributed by atoms with Gasteiger partial charge >= 0.3 is 12.1 Å². The maximum absolute atomic E-state index is 12.6. The number of hydrogen-bond acceptors (Lipinski definition) is 6. The summed E-state index contributed by atoms with van der Waals surface area (Å²) in [6, 6.07) is 3.22. The number of ketones is 1. The van der Waals surface area contributed by atoms with Gasteiger partial charge in [0.15, 0.2) is 5.78 Å². The molecule has 0 amide bonds. The van der Waals surface area contributed by atoms with E-state index in [0.717, 1.165) is 11.3 Å². The molecule has 0 saturated heterocycles. The van der Waals surface area contributed by atoms with Crippen LogP contribution in [0.1, 0.15) is 60.8 Å². The van der Waals surface area contributed by atoms with Gasteiger partial charge in [-0.25, -0.2) is 0 Å². The fourth-order valence-electron chi connectivity index (χ4n) is 2.52. The molecule has 1 atom stereocenters. The number of hydrogen-bond donors (Lipinski definition) is 0. The van der Waals surface area contributed by atoms with Crippen molar-refractivity contribution in [1.82, 2.24) is 19.9 Å². The number of Topliss-reactive ketones (excluding diaryl/α,β-unsaturated/α-hetero) is 1. The quantitative estimate of drug-likeness (QED) is 0.496. The third kappa shape index (κ3) is 4.49. The van der Waals surface area contributed by atoms with Crippen molar-refractivity contribution in [2.75, 3.05) is 0 Å². The second kappa shape index (κ2) is 7.86. The number of alkyl halides is 3. The molecule has 0 aliphatic heterocycles. The van der Waals surface area contributed by atoms with Crippen molar-refractivity contribution in [3.63, 3.8) is 0 Å². The molecule has 150 valence electrons. The molecule has 0 bridgehead atoms. The van der Waals surface area contributed by atoms with E-state index in [1.807, 2.05) is 6.92 Å². The summed E-state index contributed by atoms with van der Waals surface area (Å²) in [6.45, 7) is 6.02. The average molecular weight is 412 g/mol. The van der Waals surface area contributed by atoms with Crippen molar-refractivity contribution in [3.8, 4) is 10.7 Å². The Morgan fingerprint density at radius 3 is 2.68 bits per heavy atom. The monoisotopic (exact) mass is 412 g/mol. The summed E-state index contributed by atoms with van der Waals surface area (Å²) in [4.78, 5) is 16.9. The average Bonchev–Trinajstić information content (AvgIpc) is 3.37. The molecule has 0 saturated carbocycles. The van der Waals surface area contributed by atoms with Gasteiger partial charge in [0.25, 0.3) is 0 Å². The van der Waals surface area contributed by atoms with Gasteiger partial charge in [0.05, 0.1) is 22.7 Å². The van der Waals surface area contributed by atoms with Crippen LogP contribution in [0.4, 0.5) is 13.2 Å². The van der Waals surface area contributed by atoms with Crippen molar-refractivity contribution in [2.24, 2.45) is 5.92 Å². The zero-order valence-electron chi connectivity index (χ0n) is 15.5. The standard InChI is InChI=1S/C18H19F3N4O2S/c1-10(2)4-5-13(26)12-8-22-25(9-12)11(3)14-6-7-15(28-14)16-23-17(27-24-16)18(19,20)21/h6-11H,4-5H2,1-3H3. The van der Waals surface area contributed by atoms with Crippen LogP contribution in [0.25, 0.3) is 10.7 Å². The molecule has 0 aliphatic rings. The van der Waals surface area contributed by atoms with Gasteiger partial charge < -0.3 is 4.52 Å². The van der Waals surface area contributed by atoms with Crippen LogP contribution >= 0.6 is 11.3 Å². The number of aromatic nitrogens is 4. The van der Waals surface area contributed by atoms with Crippen LogP contribution in [0.2, 0.25) is 0 Å². The smallest absolute Gasteiger partial charge is 0.329 e. The number of rotatable bonds is 7. The Labute approximate surface area is 163 Å². The number of carbonyl (C=O) groups excluding carboxylic acids is 1. The number of thiophene rings is 1. The first kappa shape index (κ1) is 20.2. The number of carbonyl (C=O) groups is 1. The molecule has 1 unspecified atom stereocenters. The van der Waals surface area contributed by atoms with Crippen molar-refractivity contribution < 1.29 is 22.5 Å². The first-order valence-corrected chi connectivity index (χ1v) is 9.55. The lowest BCUT2D eigenvalue weighted by molar-refractivity contribution is -0.159. The van der Waals surface area contributed by atoms with Gasteiger partial charge in [0, 0.05) is 17.5 Å². The minimum absolute atomic E-state index is 0.0468. The summed E-state index contributed by atoms with van der Waals surface area (Å²) in [7, 11) is 0. The van der Waals surface area contributed by atoms with E-state index in [9.17, 15) is 18.0 Å². The van der Waals surface area contributed by atoms with E-state index in [2.05, 4.69) is 33.6 Å². The van der Waals surface area contributed by atoms with Gasteiger partial charge in [-0.2, -0.15) is 23.3 Å². The summed E-state index contributed by atoms with van der Waals surface area (Å²) in [5.41, 5.74) is 0.553. The molecule has 0 fully saturated rings. The van der Waals surface area contributed by atoms with E-state index in [-0.39, 0.29) is 17.6 Å². The van der Waals surface area contributed by atoms with E-state index in [1.165, 1.54) is 11.3 Å². The normalized spacial score (nSPS) is 13.2. The van der Waals surface area contributed by atoms with Gasteiger partial charge in [0.1, 0.15) is 0 Å². The minimum Gasteiger partial charge on any atom is -0.329 e.